The lowest BCUT2D eigenvalue weighted by Crippen LogP contribution is -2.22. The molecule has 0 saturated heterocycles. The van der Waals surface area contributed by atoms with E-state index in [1.54, 1.807) is 0 Å². The SMILES string of the molecule is C/C(=C/C(=N\N=C(N)N)c1ccccc1)c1ccccc1. The zero-order valence-electron chi connectivity index (χ0n) is 11.9. The number of nitrogens with two attached hydrogens (primary N) is 2. The van der Waals surface area contributed by atoms with E-state index < -0.39 is 0 Å². The fraction of sp³-hybridized carbons (Fsp3) is 0.0588. The molecule has 2 rings (SSSR count). The van der Waals surface area contributed by atoms with Crippen LogP contribution in [0.15, 0.2) is 76.9 Å². The summed E-state index contributed by atoms with van der Waals surface area (Å²) in [6.45, 7) is 2.03. The molecule has 0 atom stereocenters. The van der Waals surface area contributed by atoms with E-state index >= 15 is 0 Å². The predicted octanol–water partition coefficient (Wildman–Crippen LogP) is 2.77. The summed E-state index contributed by atoms with van der Waals surface area (Å²) in [5, 5.41) is 7.90. The standard InChI is InChI=1S/C17H18N4/c1-13(14-8-4-2-5-9-14)12-16(20-21-17(18)19)15-10-6-3-7-11-15/h2-12H,1H3,(H4,18,19,21)/b13-12-,20-16+. The van der Waals surface area contributed by atoms with Gasteiger partial charge in [0.1, 0.15) is 0 Å². The van der Waals surface area contributed by atoms with E-state index in [-0.39, 0.29) is 5.96 Å². The van der Waals surface area contributed by atoms with Crippen LogP contribution in [0.3, 0.4) is 0 Å². The molecule has 4 N–H and O–H groups in total. The van der Waals surface area contributed by atoms with Crippen LogP contribution in [-0.2, 0) is 0 Å². The Labute approximate surface area is 124 Å². The van der Waals surface area contributed by atoms with Crippen molar-refractivity contribution in [1.29, 1.82) is 0 Å². The van der Waals surface area contributed by atoms with E-state index in [0.717, 1.165) is 16.7 Å². The van der Waals surface area contributed by atoms with Gasteiger partial charge >= 0.3 is 0 Å². The molecule has 21 heavy (non-hydrogen) atoms. The summed E-state index contributed by atoms with van der Waals surface area (Å²) in [4.78, 5) is 0. The van der Waals surface area contributed by atoms with E-state index in [1.165, 1.54) is 0 Å². The number of hydrogen-bond donors (Lipinski definition) is 2. The van der Waals surface area contributed by atoms with Crippen molar-refractivity contribution in [2.75, 3.05) is 0 Å². The second kappa shape index (κ2) is 7.05. The van der Waals surface area contributed by atoms with Gasteiger partial charge in [0.2, 0.25) is 5.96 Å². The molecule has 0 heterocycles. The van der Waals surface area contributed by atoms with Gasteiger partial charge in [-0.3, -0.25) is 0 Å². The van der Waals surface area contributed by atoms with Crippen LogP contribution in [0.2, 0.25) is 0 Å². The molecule has 0 radical (unpaired) electrons. The third kappa shape index (κ3) is 4.31. The van der Waals surface area contributed by atoms with Gasteiger partial charge in [-0.25, -0.2) is 0 Å². The summed E-state index contributed by atoms with van der Waals surface area (Å²) < 4.78 is 0. The van der Waals surface area contributed by atoms with Crippen LogP contribution in [0.25, 0.3) is 5.57 Å². The summed E-state index contributed by atoms with van der Waals surface area (Å²) >= 11 is 0. The maximum Gasteiger partial charge on any atom is 0.211 e. The van der Waals surface area contributed by atoms with Crippen LogP contribution >= 0.6 is 0 Å². The number of rotatable bonds is 4. The molecule has 0 aliphatic carbocycles. The molecule has 0 aliphatic rings. The minimum Gasteiger partial charge on any atom is -0.369 e. The molecule has 0 unspecified atom stereocenters. The fourth-order valence-electron chi connectivity index (χ4n) is 1.88. The van der Waals surface area contributed by atoms with E-state index in [4.69, 9.17) is 11.5 Å². The van der Waals surface area contributed by atoms with Gasteiger partial charge in [0.05, 0.1) is 5.71 Å². The maximum absolute atomic E-state index is 5.36. The molecule has 0 aliphatic heterocycles. The Morgan fingerprint density at radius 1 is 0.810 bits per heavy atom. The van der Waals surface area contributed by atoms with Gasteiger partial charge in [0.25, 0.3) is 0 Å². The number of allylic oxidation sites excluding steroid dienone is 2. The van der Waals surface area contributed by atoms with E-state index in [0.29, 0.717) is 5.71 Å². The molecule has 4 heteroatoms. The lowest BCUT2D eigenvalue weighted by atomic mass is 10.0. The first-order chi connectivity index (χ1) is 10.2. The highest BCUT2D eigenvalue weighted by atomic mass is 15.3. The molecule has 106 valence electrons. The van der Waals surface area contributed by atoms with Crippen LogP contribution in [0.5, 0.6) is 0 Å². The Kier molecular flexibility index (Phi) is 4.88. The second-order valence-corrected chi connectivity index (χ2v) is 4.57. The fourth-order valence-corrected chi connectivity index (χ4v) is 1.88. The molecular formula is C17H18N4. The van der Waals surface area contributed by atoms with E-state index in [2.05, 4.69) is 22.3 Å². The van der Waals surface area contributed by atoms with Crippen LogP contribution in [0.1, 0.15) is 18.1 Å². The number of benzene rings is 2. The summed E-state index contributed by atoms with van der Waals surface area (Å²) in [5.74, 6) is -0.0609. The van der Waals surface area contributed by atoms with Gasteiger partial charge < -0.3 is 11.5 Å². The minimum atomic E-state index is -0.0609. The van der Waals surface area contributed by atoms with Gasteiger partial charge in [-0.1, -0.05) is 60.7 Å². The van der Waals surface area contributed by atoms with Gasteiger partial charge in [-0.2, -0.15) is 0 Å². The summed E-state index contributed by atoms with van der Waals surface area (Å²) in [5.41, 5.74) is 14.6. The van der Waals surface area contributed by atoms with E-state index in [9.17, 15) is 0 Å². The lowest BCUT2D eigenvalue weighted by Gasteiger charge is -2.04. The second-order valence-electron chi connectivity index (χ2n) is 4.57. The molecular weight excluding hydrogens is 260 g/mol. The number of guanidine groups is 1. The molecule has 0 spiro atoms. The monoisotopic (exact) mass is 278 g/mol. The number of hydrogen-bond acceptors (Lipinski definition) is 2. The summed E-state index contributed by atoms with van der Waals surface area (Å²) in [7, 11) is 0. The largest absolute Gasteiger partial charge is 0.369 e. The van der Waals surface area contributed by atoms with Crippen LogP contribution in [0.4, 0.5) is 0 Å². The third-order valence-electron chi connectivity index (χ3n) is 2.93. The normalized spacial score (nSPS) is 12.0. The lowest BCUT2D eigenvalue weighted by molar-refractivity contribution is 1.20. The van der Waals surface area contributed by atoms with Crippen molar-refractivity contribution in [3.05, 3.63) is 77.9 Å². The first kappa shape index (κ1) is 14.5. The van der Waals surface area contributed by atoms with Gasteiger partial charge in [-0.15, -0.1) is 10.2 Å². The highest BCUT2D eigenvalue weighted by Crippen LogP contribution is 2.15. The van der Waals surface area contributed by atoms with Crippen molar-refractivity contribution in [3.63, 3.8) is 0 Å². The first-order valence-electron chi connectivity index (χ1n) is 6.62. The van der Waals surface area contributed by atoms with Crippen LogP contribution in [-0.4, -0.2) is 11.7 Å². The molecule has 0 fully saturated rings. The number of nitrogens with zero attached hydrogens (tertiary/aromatic N) is 2. The van der Waals surface area contributed by atoms with Gasteiger partial charge in [0, 0.05) is 5.56 Å². The van der Waals surface area contributed by atoms with Gasteiger partial charge in [0.15, 0.2) is 0 Å². The average Bonchev–Trinajstić information content (AvgIpc) is 2.52. The minimum absolute atomic E-state index is 0.0609. The Hall–Kier alpha value is -2.88. The van der Waals surface area contributed by atoms with Crippen molar-refractivity contribution >= 4 is 17.2 Å². The van der Waals surface area contributed by atoms with Gasteiger partial charge in [-0.05, 0) is 24.1 Å². The average molecular weight is 278 g/mol. The van der Waals surface area contributed by atoms with Crippen LogP contribution < -0.4 is 11.5 Å². The molecule has 4 nitrogen and oxygen atoms in total. The highest BCUT2D eigenvalue weighted by molar-refractivity contribution is 6.12. The van der Waals surface area contributed by atoms with Crippen molar-refractivity contribution in [3.8, 4) is 0 Å². The smallest absolute Gasteiger partial charge is 0.211 e. The zero-order chi connectivity index (χ0) is 15.1. The Balaban J connectivity index is 2.42. The highest BCUT2D eigenvalue weighted by Gasteiger charge is 2.02. The Morgan fingerprint density at radius 3 is 1.86 bits per heavy atom. The Morgan fingerprint density at radius 2 is 1.33 bits per heavy atom. The molecule has 2 aromatic rings. The third-order valence-corrected chi connectivity index (χ3v) is 2.93. The maximum atomic E-state index is 5.36. The molecule has 2 aromatic carbocycles. The summed E-state index contributed by atoms with van der Waals surface area (Å²) in [6.07, 6.45) is 1.97. The Bertz CT molecular complexity index is 666. The summed E-state index contributed by atoms with van der Waals surface area (Å²) in [6, 6.07) is 19.9. The van der Waals surface area contributed by atoms with Crippen molar-refractivity contribution in [2.45, 2.75) is 6.92 Å². The first-order valence-corrected chi connectivity index (χ1v) is 6.62. The predicted molar refractivity (Wildman–Crippen MR) is 88.9 cm³/mol. The molecule has 0 amide bonds. The molecule has 0 bridgehead atoms. The molecule has 0 saturated carbocycles. The van der Waals surface area contributed by atoms with Crippen molar-refractivity contribution in [2.24, 2.45) is 21.7 Å². The van der Waals surface area contributed by atoms with Crippen molar-refractivity contribution < 1.29 is 0 Å². The van der Waals surface area contributed by atoms with Crippen LogP contribution in [0, 0.1) is 0 Å². The van der Waals surface area contributed by atoms with Crippen molar-refractivity contribution in [1.82, 2.24) is 0 Å². The van der Waals surface area contributed by atoms with E-state index in [1.807, 2.05) is 61.5 Å². The quantitative estimate of drug-likeness (QED) is 0.512. The molecule has 0 aromatic heterocycles. The zero-order valence-corrected chi connectivity index (χ0v) is 11.9. The topological polar surface area (TPSA) is 76.8 Å².